The van der Waals surface area contributed by atoms with E-state index in [1.807, 2.05) is 24.8 Å². The second kappa shape index (κ2) is 9.38. The highest BCUT2D eigenvalue weighted by Crippen LogP contribution is 2.35. The fraction of sp³-hybridized carbons (Fsp3) is 0.583. The Labute approximate surface area is 199 Å². The molecule has 1 saturated heterocycles. The van der Waals surface area contributed by atoms with Crippen LogP contribution in [0, 0.1) is 6.92 Å². The second-order valence-corrected chi connectivity index (χ2v) is 11.4. The van der Waals surface area contributed by atoms with Gasteiger partial charge in [-0.15, -0.1) is 11.3 Å². The van der Waals surface area contributed by atoms with E-state index in [-0.39, 0.29) is 34.7 Å². The number of thiazole rings is 1. The number of carbonyl (C=O) groups excluding carboxylic acids is 2. The van der Waals surface area contributed by atoms with Crippen molar-refractivity contribution < 1.29 is 14.7 Å². The van der Waals surface area contributed by atoms with Gasteiger partial charge in [-0.2, -0.15) is 0 Å². The third-order valence-corrected chi connectivity index (χ3v) is 6.47. The zero-order chi connectivity index (χ0) is 24.6. The fourth-order valence-corrected chi connectivity index (χ4v) is 4.78. The van der Waals surface area contributed by atoms with Crippen LogP contribution >= 0.6 is 11.3 Å². The number of pyridine rings is 1. The summed E-state index contributed by atoms with van der Waals surface area (Å²) in [6, 6.07) is 2.08. The number of hydrogen-bond acceptors (Lipinski definition) is 7. The average Bonchev–Trinajstić information content (AvgIpc) is 3.30. The molecule has 0 aliphatic carbocycles. The molecule has 1 atom stereocenters. The zero-order valence-corrected chi connectivity index (χ0v) is 21.4. The summed E-state index contributed by atoms with van der Waals surface area (Å²) < 4.78 is 0. The molecule has 0 unspecified atom stereocenters. The van der Waals surface area contributed by atoms with E-state index < -0.39 is 11.5 Å². The molecule has 2 aromatic heterocycles. The van der Waals surface area contributed by atoms with Crippen LogP contribution in [0.5, 0.6) is 0 Å². The van der Waals surface area contributed by atoms with E-state index in [1.165, 1.54) is 11.3 Å². The molecule has 0 saturated carbocycles. The van der Waals surface area contributed by atoms with Gasteiger partial charge in [-0.1, -0.05) is 0 Å². The number of aryl methyl sites for hydroxylation is 1. The Balaban J connectivity index is 2.01. The van der Waals surface area contributed by atoms with Crippen molar-refractivity contribution in [3.05, 3.63) is 28.5 Å². The van der Waals surface area contributed by atoms with Gasteiger partial charge in [0.15, 0.2) is 5.01 Å². The van der Waals surface area contributed by atoms with Gasteiger partial charge in [0, 0.05) is 36.4 Å². The van der Waals surface area contributed by atoms with E-state index in [4.69, 9.17) is 0 Å². The molecule has 9 heteroatoms. The maximum atomic E-state index is 13.4. The van der Waals surface area contributed by atoms with Crippen molar-refractivity contribution in [3.8, 4) is 10.4 Å². The Morgan fingerprint density at radius 2 is 1.97 bits per heavy atom. The Morgan fingerprint density at radius 3 is 2.52 bits per heavy atom. The Hall–Kier alpha value is -2.52. The van der Waals surface area contributed by atoms with Crippen LogP contribution in [-0.2, 0) is 0 Å². The number of aliphatic hydroxyl groups is 1. The quantitative estimate of drug-likeness (QED) is 0.588. The van der Waals surface area contributed by atoms with Gasteiger partial charge < -0.3 is 20.6 Å². The Morgan fingerprint density at radius 1 is 1.27 bits per heavy atom. The molecular weight excluding hydrogens is 438 g/mol. The number of carbonyl (C=O) groups is 2. The van der Waals surface area contributed by atoms with E-state index in [9.17, 15) is 14.7 Å². The first-order valence-electron chi connectivity index (χ1n) is 11.3. The first kappa shape index (κ1) is 25.1. The van der Waals surface area contributed by atoms with Gasteiger partial charge in [0.1, 0.15) is 11.5 Å². The Bertz CT molecular complexity index is 1040. The zero-order valence-electron chi connectivity index (χ0n) is 20.6. The third-order valence-electron chi connectivity index (χ3n) is 5.38. The van der Waals surface area contributed by atoms with Crippen LogP contribution in [0.25, 0.3) is 10.4 Å². The molecule has 180 valence electrons. The number of anilines is 1. The van der Waals surface area contributed by atoms with Gasteiger partial charge >= 0.3 is 0 Å². The molecule has 3 N–H and O–H groups in total. The number of nitrogens with zero attached hydrogens (tertiary/aromatic N) is 3. The van der Waals surface area contributed by atoms with Gasteiger partial charge in [0.25, 0.3) is 11.8 Å². The van der Waals surface area contributed by atoms with E-state index in [0.717, 1.165) is 29.8 Å². The molecule has 2 aromatic rings. The SMILES string of the molecule is Cc1cc(NC(C)(C)C)ncc1-c1sc(C(=O)NCC(C)(C)O)nc1C(=O)N1CCC[C@@H]1C. The monoisotopic (exact) mass is 473 g/mol. The van der Waals surface area contributed by atoms with Crippen molar-refractivity contribution in [3.63, 3.8) is 0 Å². The Kier molecular flexibility index (Phi) is 7.14. The van der Waals surface area contributed by atoms with Crippen LogP contribution in [0.2, 0.25) is 0 Å². The number of rotatable bonds is 6. The fourth-order valence-electron chi connectivity index (χ4n) is 3.73. The standard InChI is InChI=1S/C24H35N5O3S/c1-14-11-17(28-23(3,4)5)25-12-16(14)19-18(22(31)29-10-8-9-15(29)2)27-21(33-19)20(30)26-13-24(6,7)32/h11-12,15,32H,8-10,13H2,1-7H3,(H,25,28)(H,26,30)/t15-/m0/s1. The molecule has 0 bridgehead atoms. The topological polar surface area (TPSA) is 107 Å². The van der Waals surface area contributed by atoms with E-state index >= 15 is 0 Å². The summed E-state index contributed by atoms with van der Waals surface area (Å²) in [5, 5.41) is 16.2. The molecule has 33 heavy (non-hydrogen) atoms. The highest BCUT2D eigenvalue weighted by molar-refractivity contribution is 7.17. The smallest absolute Gasteiger partial charge is 0.280 e. The normalized spacial score (nSPS) is 16.7. The van der Waals surface area contributed by atoms with E-state index in [1.54, 1.807) is 20.0 Å². The number of nitrogens with one attached hydrogen (secondary N) is 2. The molecule has 0 aromatic carbocycles. The average molecular weight is 474 g/mol. The highest BCUT2D eigenvalue weighted by Gasteiger charge is 2.32. The summed E-state index contributed by atoms with van der Waals surface area (Å²) >= 11 is 1.18. The van der Waals surface area contributed by atoms with Crippen molar-refractivity contribution >= 4 is 29.0 Å². The van der Waals surface area contributed by atoms with Crippen LogP contribution in [-0.4, -0.2) is 62.1 Å². The minimum atomic E-state index is -1.05. The first-order chi connectivity index (χ1) is 15.2. The van der Waals surface area contributed by atoms with Crippen LogP contribution in [0.15, 0.2) is 12.3 Å². The summed E-state index contributed by atoms with van der Waals surface area (Å²) in [7, 11) is 0. The predicted octanol–water partition coefficient (Wildman–Crippen LogP) is 3.85. The largest absolute Gasteiger partial charge is 0.389 e. The van der Waals surface area contributed by atoms with Crippen molar-refractivity contribution in [1.29, 1.82) is 0 Å². The lowest BCUT2D eigenvalue weighted by Crippen LogP contribution is -2.38. The van der Waals surface area contributed by atoms with Crippen LogP contribution in [0.4, 0.5) is 5.82 Å². The number of aromatic nitrogens is 2. The van der Waals surface area contributed by atoms with Crippen LogP contribution in [0.1, 0.15) is 80.2 Å². The maximum absolute atomic E-state index is 13.4. The van der Waals surface area contributed by atoms with E-state index in [2.05, 4.69) is 41.4 Å². The molecule has 3 heterocycles. The lowest BCUT2D eigenvalue weighted by Gasteiger charge is -2.22. The molecule has 0 radical (unpaired) electrons. The molecular formula is C24H35N5O3S. The number of amides is 2. The number of likely N-dealkylation sites (tertiary alicyclic amines) is 1. The third kappa shape index (κ3) is 6.29. The van der Waals surface area contributed by atoms with Crippen molar-refractivity contribution in [2.24, 2.45) is 0 Å². The van der Waals surface area contributed by atoms with Crippen LogP contribution < -0.4 is 10.6 Å². The summed E-state index contributed by atoms with van der Waals surface area (Å²) in [4.78, 5) is 37.7. The summed E-state index contributed by atoms with van der Waals surface area (Å²) in [6.45, 7) is 14.2. The summed E-state index contributed by atoms with van der Waals surface area (Å²) in [5.74, 6) is 0.176. The van der Waals surface area contributed by atoms with E-state index in [0.29, 0.717) is 11.4 Å². The van der Waals surface area contributed by atoms with Crippen molar-refractivity contribution in [2.45, 2.75) is 78.5 Å². The maximum Gasteiger partial charge on any atom is 0.280 e. The molecule has 1 fully saturated rings. The van der Waals surface area contributed by atoms with Crippen molar-refractivity contribution in [2.75, 3.05) is 18.4 Å². The van der Waals surface area contributed by atoms with Crippen molar-refractivity contribution in [1.82, 2.24) is 20.2 Å². The van der Waals surface area contributed by atoms with Gasteiger partial charge in [-0.05, 0) is 72.9 Å². The van der Waals surface area contributed by atoms with Gasteiger partial charge in [0.2, 0.25) is 0 Å². The predicted molar refractivity (Wildman–Crippen MR) is 132 cm³/mol. The minimum absolute atomic E-state index is 0.0843. The minimum Gasteiger partial charge on any atom is -0.389 e. The molecule has 3 rings (SSSR count). The first-order valence-corrected chi connectivity index (χ1v) is 12.1. The van der Waals surface area contributed by atoms with Gasteiger partial charge in [-0.25, -0.2) is 9.97 Å². The lowest BCUT2D eigenvalue weighted by molar-refractivity contribution is 0.0692. The molecule has 1 aliphatic rings. The second-order valence-electron chi connectivity index (χ2n) is 10.4. The highest BCUT2D eigenvalue weighted by atomic mass is 32.1. The summed E-state index contributed by atoms with van der Waals surface area (Å²) in [6.07, 6.45) is 3.65. The molecule has 2 amide bonds. The van der Waals surface area contributed by atoms with Gasteiger partial charge in [0.05, 0.1) is 10.5 Å². The lowest BCUT2D eigenvalue weighted by atomic mass is 10.1. The van der Waals surface area contributed by atoms with Gasteiger partial charge in [-0.3, -0.25) is 9.59 Å². The molecule has 8 nitrogen and oxygen atoms in total. The molecule has 1 aliphatic heterocycles. The molecule has 0 spiro atoms. The summed E-state index contributed by atoms with van der Waals surface area (Å²) in [5.41, 5.74) is 0.819. The number of hydrogen-bond donors (Lipinski definition) is 3. The van der Waals surface area contributed by atoms with Crippen LogP contribution in [0.3, 0.4) is 0 Å².